The maximum Gasteiger partial charge on any atom is 0.481 e. The molecule has 10 N–H and O–H groups in total. The number of aliphatic hydroxyl groups excluding tert-OH is 6. The molecule has 0 aromatic carbocycles. The van der Waals surface area contributed by atoms with Crippen LogP contribution < -0.4 is 5.73 Å². The van der Waals surface area contributed by atoms with Gasteiger partial charge in [-0.15, -0.1) is 0 Å². The highest BCUT2D eigenvalue weighted by Crippen LogP contribution is 2.61. The molecule has 0 spiro atoms. The van der Waals surface area contributed by atoms with E-state index in [0.29, 0.717) is 0 Å². The molecule has 19 nitrogen and oxygen atoms in total. The van der Waals surface area contributed by atoms with Crippen molar-refractivity contribution in [2.45, 2.75) is 61.4 Å². The Balaban J connectivity index is 1.38. The Morgan fingerprint density at radius 3 is 2.50 bits per heavy atom. The third-order valence-electron chi connectivity index (χ3n) is 5.97. The van der Waals surface area contributed by atoms with Gasteiger partial charge in [0, 0.05) is 0 Å². The van der Waals surface area contributed by atoms with E-state index >= 15 is 0 Å². The molecule has 12 atom stereocenters. The number of aromatic nitrogens is 4. The highest BCUT2D eigenvalue weighted by molar-refractivity contribution is 8.08. The second-order valence-electron chi connectivity index (χ2n) is 8.69. The molecule has 0 bridgehead atoms. The molecule has 2 aliphatic rings. The number of hydrogen-bond donors (Lipinski definition) is 9. The summed E-state index contributed by atoms with van der Waals surface area (Å²) in [5.41, 5.74) is 6.00. The molecule has 0 amide bonds. The minimum Gasteiger partial charge on any atom is -0.394 e. The zero-order valence-corrected chi connectivity index (χ0v) is 22.5. The SMILES string of the molecule is Nc1ncnc2c1ncn2C1OC(COP(O)(=S)OP(=O)(O)OC2OC([C@H](O)CO)C(O)C(O)C2O)C(F)C1O. The van der Waals surface area contributed by atoms with Crippen LogP contribution in [0.25, 0.3) is 11.2 Å². The number of ether oxygens (including phenoxy) is 2. The van der Waals surface area contributed by atoms with E-state index in [4.69, 9.17) is 24.8 Å². The molecule has 2 aliphatic heterocycles. The fourth-order valence-electron chi connectivity index (χ4n) is 3.98. The molecule has 226 valence electrons. The van der Waals surface area contributed by atoms with Crippen molar-refractivity contribution in [2.24, 2.45) is 0 Å². The number of halogens is 1. The van der Waals surface area contributed by atoms with Crippen LogP contribution in [0.2, 0.25) is 0 Å². The Bertz CT molecular complexity index is 1300. The molecule has 4 heterocycles. The van der Waals surface area contributed by atoms with Gasteiger partial charge in [0.25, 0.3) is 0 Å². The lowest BCUT2D eigenvalue weighted by atomic mass is 9.96. The number of imidazole rings is 1. The van der Waals surface area contributed by atoms with Gasteiger partial charge < -0.3 is 60.2 Å². The topological polar surface area (TPSA) is 295 Å². The van der Waals surface area contributed by atoms with E-state index in [-0.39, 0.29) is 17.0 Å². The van der Waals surface area contributed by atoms with E-state index < -0.39 is 89.2 Å². The van der Waals surface area contributed by atoms with Crippen LogP contribution in [0.5, 0.6) is 0 Å². The van der Waals surface area contributed by atoms with E-state index in [2.05, 4.69) is 35.6 Å². The summed E-state index contributed by atoms with van der Waals surface area (Å²) in [6, 6.07) is 0. The number of hydrogen-bond acceptors (Lipinski definition) is 17. The van der Waals surface area contributed by atoms with Crippen LogP contribution in [-0.2, 0) is 39.2 Å². The summed E-state index contributed by atoms with van der Waals surface area (Å²) in [6.45, 7) is -6.56. The van der Waals surface area contributed by atoms with Crippen molar-refractivity contribution < 1.29 is 72.2 Å². The molecule has 0 radical (unpaired) electrons. The van der Waals surface area contributed by atoms with Gasteiger partial charge in [-0.2, -0.15) is 0 Å². The first kappa shape index (κ1) is 31.6. The van der Waals surface area contributed by atoms with Crippen LogP contribution in [0.3, 0.4) is 0 Å². The van der Waals surface area contributed by atoms with Crippen molar-refractivity contribution in [2.75, 3.05) is 18.9 Å². The Morgan fingerprint density at radius 1 is 1.12 bits per heavy atom. The van der Waals surface area contributed by atoms with Gasteiger partial charge >= 0.3 is 14.5 Å². The molecule has 0 aliphatic carbocycles. The number of aliphatic hydroxyl groups is 6. The van der Waals surface area contributed by atoms with Gasteiger partial charge in [0.05, 0.1) is 19.5 Å². The smallest absolute Gasteiger partial charge is 0.394 e. The fourth-order valence-corrected chi connectivity index (χ4v) is 7.08. The van der Waals surface area contributed by atoms with E-state index in [1.807, 2.05) is 0 Å². The number of nitrogen functional groups attached to an aromatic ring is 1. The summed E-state index contributed by atoms with van der Waals surface area (Å²) >= 11 is 4.66. The number of nitrogens with zero attached hydrogens (tertiary/aromatic N) is 4. The third-order valence-corrected chi connectivity index (χ3v) is 9.48. The van der Waals surface area contributed by atoms with E-state index in [1.54, 1.807) is 0 Å². The lowest BCUT2D eigenvalue weighted by Crippen LogP contribution is -2.61. The standard InChI is InChI=1S/C17H26FN5O14P2S/c18-7-6(34-16(9(7)26)23-4-22-8-14(19)20-3-21-15(8)23)2-33-39(32,40)37-38(30,31)36-17-12(29)10(27)11(28)13(35-17)5(25)1-24/h3-7,9-13,16-17,24-29H,1-2H2,(H,30,31)(H,32,40)(H2,19,20,21)/t5-,6?,7?,9?,10?,11?,12?,13?,16?,17?,39?/m1/s1. The van der Waals surface area contributed by atoms with Gasteiger partial charge in [-0.25, -0.2) is 28.2 Å². The average molecular weight is 637 g/mol. The summed E-state index contributed by atoms with van der Waals surface area (Å²) in [7, 11) is -5.48. The van der Waals surface area contributed by atoms with Crippen molar-refractivity contribution in [1.82, 2.24) is 19.5 Å². The summed E-state index contributed by atoms with van der Waals surface area (Å²) < 4.78 is 52.9. The molecular formula is C17H26FN5O14P2S. The van der Waals surface area contributed by atoms with Crippen LogP contribution in [0.1, 0.15) is 6.23 Å². The molecule has 2 fully saturated rings. The van der Waals surface area contributed by atoms with Gasteiger partial charge in [-0.1, -0.05) is 0 Å². The number of anilines is 1. The second-order valence-corrected chi connectivity index (χ2v) is 13.1. The number of phosphoric ester groups is 1. The van der Waals surface area contributed by atoms with Crippen molar-refractivity contribution >= 4 is 43.3 Å². The van der Waals surface area contributed by atoms with E-state index in [1.165, 1.54) is 10.9 Å². The minimum atomic E-state index is -5.48. The third kappa shape index (κ3) is 6.50. The Morgan fingerprint density at radius 2 is 1.82 bits per heavy atom. The number of phosphoric acid groups is 1. The monoisotopic (exact) mass is 637 g/mol. The van der Waals surface area contributed by atoms with Crippen LogP contribution in [0.15, 0.2) is 12.7 Å². The van der Waals surface area contributed by atoms with Crippen molar-refractivity contribution in [3.63, 3.8) is 0 Å². The Labute approximate surface area is 228 Å². The van der Waals surface area contributed by atoms with Crippen LogP contribution in [0.4, 0.5) is 10.2 Å². The van der Waals surface area contributed by atoms with Crippen LogP contribution in [-0.4, -0.2) is 128 Å². The van der Waals surface area contributed by atoms with Crippen LogP contribution in [0, 0.1) is 0 Å². The molecule has 2 aromatic rings. The molecular weight excluding hydrogens is 611 g/mol. The highest BCUT2D eigenvalue weighted by atomic mass is 32.5. The summed E-state index contributed by atoms with van der Waals surface area (Å²) in [5.74, 6) is 0.0265. The van der Waals surface area contributed by atoms with Crippen molar-refractivity contribution in [3.05, 3.63) is 12.7 Å². The summed E-state index contributed by atoms with van der Waals surface area (Å²) in [4.78, 5) is 32.0. The Kier molecular flexibility index (Phi) is 9.55. The number of alkyl halides is 1. The number of rotatable bonds is 10. The largest absolute Gasteiger partial charge is 0.481 e. The number of nitrogens with two attached hydrogens (primary N) is 1. The van der Waals surface area contributed by atoms with E-state index in [0.717, 1.165) is 6.33 Å². The second kappa shape index (κ2) is 12.1. The van der Waals surface area contributed by atoms with Gasteiger partial charge in [-0.05, 0) is 11.8 Å². The first-order valence-corrected chi connectivity index (χ1v) is 15.3. The quantitative estimate of drug-likeness (QED) is 0.114. The van der Waals surface area contributed by atoms with Gasteiger partial charge in [0.1, 0.15) is 54.6 Å². The molecule has 11 unspecified atom stereocenters. The van der Waals surface area contributed by atoms with Crippen LogP contribution >= 0.6 is 14.5 Å². The average Bonchev–Trinajstić information content (AvgIpc) is 3.43. The predicted octanol–water partition coefficient (Wildman–Crippen LogP) is -3.47. The zero-order valence-electron chi connectivity index (χ0n) is 19.9. The number of fused-ring (bicyclic) bond motifs is 1. The molecule has 2 aromatic heterocycles. The van der Waals surface area contributed by atoms with E-state index in [9.17, 15) is 44.3 Å². The molecule has 23 heteroatoms. The van der Waals surface area contributed by atoms with Crippen molar-refractivity contribution in [3.8, 4) is 0 Å². The fraction of sp³-hybridized carbons (Fsp3) is 0.706. The Hall–Kier alpha value is -1.36. The molecule has 4 rings (SSSR count). The molecule has 2 saturated heterocycles. The van der Waals surface area contributed by atoms with Crippen molar-refractivity contribution in [1.29, 1.82) is 0 Å². The first-order chi connectivity index (χ1) is 18.7. The summed E-state index contributed by atoms with van der Waals surface area (Å²) in [6.07, 6.45) is -16.5. The van der Waals surface area contributed by atoms with Gasteiger partial charge in [-0.3, -0.25) is 9.09 Å². The maximum absolute atomic E-state index is 14.8. The van der Waals surface area contributed by atoms with Gasteiger partial charge in [0.2, 0.25) is 0 Å². The molecule has 0 saturated carbocycles. The highest BCUT2D eigenvalue weighted by Gasteiger charge is 2.50. The molecule has 40 heavy (non-hydrogen) atoms. The summed E-state index contributed by atoms with van der Waals surface area (Å²) in [5, 5.41) is 59.0. The minimum absolute atomic E-state index is 0.0265. The maximum atomic E-state index is 14.8. The lowest BCUT2D eigenvalue weighted by Gasteiger charge is -2.41. The van der Waals surface area contributed by atoms with Gasteiger partial charge in [0.15, 0.2) is 30.2 Å². The first-order valence-electron chi connectivity index (χ1n) is 11.2. The lowest BCUT2D eigenvalue weighted by molar-refractivity contribution is -0.292. The normalized spacial score (nSPS) is 36.8. The predicted molar refractivity (Wildman–Crippen MR) is 129 cm³/mol. The zero-order chi connectivity index (χ0) is 29.6.